The first-order valence-corrected chi connectivity index (χ1v) is 11.9. The molecule has 154 valence electrons. The molecule has 0 aliphatic heterocycles. The van der Waals surface area contributed by atoms with Crippen molar-refractivity contribution in [1.82, 2.24) is 9.29 Å². The second kappa shape index (κ2) is 9.82. The summed E-state index contributed by atoms with van der Waals surface area (Å²) in [5, 5.41) is 3.83. The first-order valence-electron chi connectivity index (χ1n) is 9.31. The lowest BCUT2D eigenvalue weighted by Gasteiger charge is -2.19. The zero-order valence-corrected chi connectivity index (χ0v) is 19.0. The van der Waals surface area contributed by atoms with Crippen LogP contribution in [-0.4, -0.2) is 36.7 Å². The van der Waals surface area contributed by atoms with E-state index in [2.05, 4.69) is 17.2 Å². The lowest BCUT2D eigenvalue weighted by atomic mass is 10.2. The van der Waals surface area contributed by atoms with Crippen molar-refractivity contribution in [2.75, 3.05) is 18.4 Å². The molecular formula is C19H26ClN3O3S2. The lowest BCUT2D eigenvalue weighted by Crippen LogP contribution is -2.30. The van der Waals surface area contributed by atoms with Crippen LogP contribution in [0.25, 0.3) is 0 Å². The highest BCUT2D eigenvalue weighted by atomic mass is 35.5. The summed E-state index contributed by atoms with van der Waals surface area (Å²) >= 11 is 7.52. The number of anilines is 1. The van der Waals surface area contributed by atoms with Crippen LogP contribution in [0, 0.1) is 6.92 Å². The predicted octanol–water partition coefficient (Wildman–Crippen LogP) is 4.73. The molecule has 9 heteroatoms. The van der Waals surface area contributed by atoms with Gasteiger partial charge in [0.25, 0.3) is 5.91 Å². The number of unbranched alkanes of at least 4 members (excludes halogenated alkanes) is 1. The van der Waals surface area contributed by atoms with Gasteiger partial charge in [0.05, 0.1) is 15.7 Å². The molecule has 0 saturated heterocycles. The normalized spacial score (nSPS) is 11.8. The van der Waals surface area contributed by atoms with Crippen LogP contribution < -0.4 is 5.32 Å². The van der Waals surface area contributed by atoms with E-state index in [1.807, 2.05) is 0 Å². The number of carbonyl (C=O) groups is 1. The van der Waals surface area contributed by atoms with E-state index in [0.717, 1.165) is 24.3 Å². The number of nitrogens with zero attached hydrogens (tertiary/aromatic N) is 2. The fourth-order valence-electron chi connectivity index (χ4n) is 2.77. The molecule has 0 unspecified atom stereocenters. The average Bonchev–Trinajstić information content (AvgIpc) is 3.03. The van der Waals surface area contributed by atoms with Crippen molar-refractivity contribution in [3.05, 3.63) is 38.8 Å². The molecule has 0 aliphatic rings. The Bertz CT molecular complexity index is 938. The molecule has 0 radical (unpaired) electrons. The minimum Gasteiger partial charge on any atom is -0.321 e. The zero-order valence-electron chi connectivity index (χ0n) is 16.6. The third-order valence-electron chi connectivity index (χ3n) is 4.30. The molecule has 0 saturated carbocycles. The van der Waals surface area contributed by atoms with E-state index in [0.29, 0.717) is 29.3 Å². The number of benzene rings is 1. The minimum absolute atomic E-state index is 0.0136. The van der Waals surface area contributed by atoms with Crippen LogP contribution in [0.2, 0.25) is 5.02 Å². The highest BCUT2D eigenvalue weighted by Gasteiger charge is 2.25. The second-order valence-corrected chi connectivity index (χ2v) is 9.71. The number of sulfonamides is 1. The van der Waals surface area contributed by atoms with Crippen LogP contribution in [0.4, 0.5) is 5.69 Å². The van der Waals surface area contributed by atoms with Crippen molar-refractivity contribution in [2.24, 2.45) is 0 Å². The predicted molar refractivity (Wildman–Crippen MR) is 115 cm³/mol. The van der Waals surface area contributed by atoms with Gasteiger partial charge in [-0.3, -0.25) is 4.79 Å². The minimum atomic E-state index is -3.73. The Balaban J connectivity index is 2.28. The summed E-state index contributed by atoms with van der Waals surface area (Å²) in [6.07, 6.45) is 2.94. The van der Waals surface area contributed by atoms with Crippen LogP contribution in [0.3, 0.4) is 0 Å². The summed E-state index contributed by atoms with van der Waals surface area (Å²) in [6.45, 7) is 8.13. The van der Waals surface area contributed by atoms with Crippen LogP contribution in [-0.2, 0) is 16.4 Å². The van der Waals surface area contributed by atoms with Gasteiger partial charge in [0.2, 0.25) is 10.0 Å². The van der Waals surface area contributed by atoms with Crippen molar-refractivity contribution in [3.8, 4) is 0 Å². The molecule has 1 aromatic carbocycles. The lowest BCUT2D eigenvalue weighted by molar-refractivity contribution is 0.102. The fraction of sp³-hybridized carbons (Fsp3) is 0.474. The number of aromatic nitrogens is 1. The maximum atomic E-state index is 12.8. The monoisotopic (exact) mass is 443 g/mol. The second-order valence-electron chi connectivity index (χ2n) is 6.31. The van der Waals surface area contributed by atoms with Gasteiger partial charge < -0.3 is 5.32 Å². The maximum Gasteiger partial charge on any atom is 0.267 e. The Morgan fingerprint density at radius 1 is 1.25 bits per heavy atom. The fourth-order valence-corrected chi connectivity index (χ4v) is 5.73. The summed E-state index contributed by atoms with van der Waals surface area (Å²) in [4.78, 5) is 17.7. The number of amides is 1. The topological polar surface area (TPSA) is 79.4 Å². The van der Waals surface area contributed by atoms with Gasteiger partial charge in [-0.05, 0) is 38.0 Å². The number of nitrogens with one attached hydrogen (secondary N) is 1. The molecule has 2 aromatic rings. The van der Waals surface area contributed by atoms with Crippen molar-refractivity contribution in [2.45, 2.75) is 51.9 Å². The van der Waals surface area contributed by atoms with E-state index < -0.39 is 10.0 Å². The molecule has 0 atom stereocenters. The molecule has 0 spiro atoms. The van der Waals surface area contributed by atoms with Crippen molar-refractivity contribution >= 4 is 44.6 Å². The third kappa shape index (κ3) is 5.11. The van der Waals surface area contributed by atoms with Gasteiger partial charge in [-0.15, -0.1) is 11.3 Å². The Kier molecular flexibility index (Phi) is 8.00. The van der Waals surface area contributed by atoms with E-state index in [9.17, 15) is 13.2 Å². The van der Waals surface area contributed by atoms with Crippen molar-refractivity contribution in [1.29, 1.82) is 0 Å². The molecule has 0 bridgehead atoms. The Hall–Kier alpha value is -1.48. The van der Waals surface area contributed by atoms with Gasteiger partial charge in [-0.2, -0.15) is 4.31 Å². The number of hydrogen-bond acceptors (Lipinski definition) is 5. The number of halogens is 1. The molecule has 28 heavy (non-hydrogen) atoms. The molecule has 1 N–H and O–H groups in total. The van der Waals surface area contributed by atoms with Gasteiger partial charge in [0.1, 0.15) is 9.77 Å². The van der Waals surface area contributed by atoms with Gasteiger partial charge in [0.15, 0.2) is 0 Å². The SMILES string of the molecule is CCCCc1nc(C)c(C(=O)Nc2ccc(Cl)c(S(=O)(=O)N(CC)CC)c2)s1. The first kappa shape index (κ1) is 22.8. The van der Waals surface area contributed by atoms with E-state index in [4.69, 9.17) is 11.6 Å². The molecule has 2 rings (SSSR count). The van der Waals surface area contributed by atoms with Crippen LogP contribution in [0.1, 0.15) is 54.0 Å². The Morgan fingerprint density at radius 2 is 1.93 bits per heavy atom. The molecule has 1 aromatic heterocycles. The summed E-state index contributed by atoms with van der Waals surface area (Å²) in [5.41, 5.74) is 1.06. The van der Waals surface area contributed by atoms with Gasteiger partial charge in [-0.25, -0.2) is 13.4 Å². The molecular weight excluding hydrogens is 418 g/mol. The summed E-state index contributed by atoms with van der Waals surface area (Å²) in [5.74, 6) is -0.300. The number of hydrogen-bond donors (Lipinski definition) is 1. The summed E-state index contributed by atoms with van der Waals surface area (Å²) in [6, 6.07) is 4.48. The number of rotatable bonds is 9. The van der Waals surface area contributed by atoms with Gasteiger partial charge in [0, 0.05) is 18.8 Å². The van der Waals surface area contributed by atoms with Gasteiger partial charge >= 0.3 is 0 Å². The summed E-state index contributed by atoms with van der Waals surface area (Å²) in [7, 11) is -3.73. The highest BCUT2D eigenvalue weighted by molar-refractivity contribution is 7.89. The van der Waals surface area contributed by atoms with E-state index >= 15 is 0 Å². The Labute approximate surface area is 176 Å². The molecule has 1 amide bonds. The van der Waals surface area contributed by atoms with Crippen LogP contribution >= 0.6 is 22.9 Å². The largest absolute Gasteiger partial charge is 0.321 e. The standard InChI is InChI=1S/C19H26ClN3O3S2/c1-5-8-9-17-21-13(4)18(27-17)19(24)22-14-10-11-15(20)16(12-14)28(25,26)23(6-2)7-3/h10-12H,5-9H2,1-4H3,(H,22,24). The van der Waals surface area contributed by atoms with Crippen molar-refractivity contribution < 1.29 is 13.2 Å². The average molecular weight is 444 g/mol. The first-order chi connectivity index (χ1) is 13.2. The number of carbonyl (C=O) groups excluding carboxylic acids is 1. The highest BCUT2D eigenvalue weighted by Crippen LogP contribution is 2.28. The zero-order chi connectivity index (χ0) is 20.9. The molecule has 0 aliphatic carbocycles. The van der Waals surface area contributed by atoms with E-state index in [1.165, 1.54) is 27.8 Å². The smallest absolute Gasteiger partial charge is 0.267 e. The van der Waals surface area contributed by atoms with Crippen molar-refractivity contribution in [3.63, 3.8) is 0 Å². The number of thiazole rings is 1. The van der Waals surface area contributed by atoms with Crippen LogP contribution in [0.5, 0.6) is 0 Å². The maximum absolute atomic E-state index is 12.8. The quantitative estimate of drug-likeness (QED) is 0.607. The van der Waals surface area contributed by atoms with Gasteiger partial charge in [-0.1, -0.05) is 38.8 Å². The third-order valence-corrected chi connectivity index (χ3v) is 8.05. The molecule has 1 heterocycles. The number of aryl methyl sites for hydroxylation is 2. The Morgan fingerprint density at radius 3 is 2.54 bits per heavy atom. The van der Waals surface area contributed by atoms with E-state index in [-0.39, 0.29) is 15.8 Å². The van der Waals surface area contributed by atoms with Crippen LogP contribution in [0.15, 0.2) is 23.1 Å². The summed E-state index contributed by atoms with van der Waals surface area (Å²) < 4.78 is 26.9. The molecule has 0 fully saturated rings. The molecule has 6 nitrogen and oxygen atoms in total. The van der Waals surface area contributed by atoms with E-state index in [1.54, 1.807) is 26.8 Å².